The molecule has 0 atom stereocenters. The number of para-hydroxylation sites is 1. The maximum Gasteiger partial charge on any atom is 0.259 e. The van der Waals surface area contributed by atoms with Crippen LogP contribution in [0.2, 0.25) is 0 Å². The van der Waals surface area contributed by atoms with Crippen molar-refractivity contribution in [2.45, 2.75) is 0 Å². The van der Waals surface area contributed by atoms with Gasteiger partial charge in [-0.3, -0.25) is 0 Å². The summed E-state index contributed by atoms with van der Waals surface area (Å²) in [4.78, 5) is 13.6. The first-order chi connectivity index (χ1) is 14.8. The molecule has 4 aromatic rings. The monoisotopic (exact) mass is 401 g/mol. The van der Waals surface area contributed by atoms with Crippen LogP contribution >= 0.6 is 0 Å². The van der Waals surface area contributed by atoms with E-state index in [4.69, 9.17) is 4.52 Å². The Bertz CT molecular complexity index is 1120. The van der Waals surface area contributed by atoms with Crippen LogP contribution in [0.1, 0.15) is 0 Å². The number of anilines is 2. The molecule has 0 amide bonds. The normalized spacial score (nSPS) is 14.2. The molecular weight excluding hydrogens is 381 g/mol. The van der Waals surface area contributed by atoms with Gasteiger partial charge in [-0.05, 0) is 36.4 Å². The van der Waals surface area contributed by atoms with Crippen molar-refractivity contribution in [1.82, 2.24) is 15.1 Å². The van der Waals surface area contributed by atoms with Crippen molar-refractivity contribution < 1.29 is 8.91 Å². The average Bonchev–Trinajstić information content (AvgIpc) is 3.30. The second kappa shape index (κ2) is 7.94. The molecule has 0 radical (unpaired) electrons. The number of aromatic nitrogens is 3. The van der Waals surface area contributed by atoms with Crippen LogP contribution in [0.3, 0.4) is 0 Å². The number of benzene rings is 2. The Balaban J connectivity index is 1.26. The molecule has 1 aliphatic heterocycles. The van der Waals surface area contributed by atoms with Gasteiger partial charge in [-0.25, -0.2) is 9.37 Å². The third kappa shape index (κ3) is 3.74. The first-order valence-corrected chi connectivity index (χ1v) is 9.87. The molecule has 30 heavy (non-hydrogen) atoms. The molecule has 150 valence electrons. The maximum atomic E-state index is 13.4. The third-order valence-corrected chi connectivity index (χ3v) is 5.23. The quantitative estimate of drug-likeness (QED) is 0.509. The van der Waals surface area contributed by atoms with E-state index in [1.807, 2.05) is 18.2 Å². The van der Waals surface area contributed by atoms with Gasteiger partial charge in [0.2, 0.25) is 5.82 Å². The van der Waals surface area contributed by atoms with E-state index in [9.17, 15) is 4.39 Å². The van der Waals surface area contributed by atoms with Crippen LogP contribution in [0.4, 0.5) is 15.9 Å². The average molecular weight is 401 g/mol. The molecule has 0 saturated carbocycles. The first-order valence-electron chi connectivity index (χ1n) is 9.87. The molecule has 0 N–H and O–H groups in total. The molecule has 7 heteroatoms. The second-order valence-corrected chi connectivity index (χ2v) is 7.15. The van der Waals surface area contributed by atoms with Crippen molar-refractivity contribution in [2.75, 3.05) is 36.0 Å². The van der Waals surface area contributed by atoms with Crippen molar-refractivity contribution in [3.63, 3.8) is 0 Å². The Morgan fingerprint density at radius 1 is 0.800 bits per heavy atom. The second-order valence-electron chi connectivity index (χ2n) is 7.15. The Hall–Kier alpha value is -3.74. The summed E-state index contributed by atoms with van der Waals surface area (Å²) in [6, 6.07) is 20.5. The minimum atomic E-state index is -0.336. The molecule has 6 nitrogen and oxygen atoms in total. The van der Waals surface area contributed by atoms with Gasteiger partial charge in [0.15, 0.2) is 0 Å². The molecular formula is C23H20FN5O. The van der Waals surface area contributed by atoms with Gasteiger partial charge in [0, 0.05) is 43.6 Å². The summed E-state index contributed by atoms with van der Waals surface area (Å²) in [5, 5.41) is 3.96. The number of rotatable bonds is 4. The SMILES string of the molecule is Fc1cccc(-c2noc(-c3ccc(N4CCN(c5ccccc5)CC4)nc3)n2)c1. The third-order valence-electron chi connectivity index (χ3n) is 5.23. The molecule has 2 aromatic carbocycles. The van der Waals surface area contributed by atoms with E-state index in [2.05, 4.69) is 49.2 Å². The largest absolute Gasteiger partial charge is 0.368 e. The van der Waals surface area contributed by atoms with Crippen LogP contribution in [-0.2, 0) is 0 Å². The minimum Gasteiger partial charge on any atom is -0.368 e. The first kappa shape index (κ1) is 18.3. The topological polar surface area (TPSA) is 58.3 Å². The van der Waals surface area contributed by atoms with Crippen molar-refractivity contribution in [1.29, 1.82) is 0 Å². The van der Waals surface area contributed by atoms with Crippen LogP contribution in [0.25, 0.3) is 22.8 Å². The molecule has 1 saturated heterocycles. The number of halogens is 1. The number of pyridine rings is 1. The molecule has 3 heterocycles. The molecule has 0 unspecified atom stereocenters. The number of nitrogens with zero attached hydrogens (tertiary/aromatic N) is 5. The summed E-state index contributed by atoms with van der Waals surface area (Å²) in [5.41, 5.74) is 2.56. The van der Waals surface area contributed by atoms with Gasteiger partial charge in [0.1, 0.15) is 11.6 Å². The molecule has 5 rings (SSSR count). The van der Waals surface area contributed by atoms with Crippen LogP contribution in [0.5, 0.6) is 0 Å². The summed E-state index contributed by atoms with van der Waals surface area (Å²) < 4.78 is 18.8. The highest BCUT2D eigenvalue weighted by Gasteiger charge is 2.19. The minimum absolute atomic E-state index is 0.336. The summed E-state index contributed by atoms with van der Waals surface area (Å²) in [5.74, 6) is 1.31. The van der Waals surface area contributed by atoms with Crippen molar-refractivity contribution in [3.05, 3.63) is 78.7 Å². The van der Waals surface area contributed by atoms with Gasteiger partial charge in [-0.1, -0.05) is 35.5 Å². The van der Waals surface area contributed by atoms with Crippen LogP contribution in [0.15, 0.2) is 77.4 Å². The lowest BCUT2D eigenvalue weighted by Crippen LogP contribution is -2.46. The summed E-state index contributed by atoms with van der Waals surface area (Å²) in [6.45, 7) is 3.72. The highest BCUT2D eigenvalue weighted by atomic mass is 19.1. The Kier molecular flexibility index (Phi) is 4.85. The Morgan fingerprint density at radius 3 is 2.33 bits per heavy atom. The Labute approximate surface area is 173 Å². The van der Waals surface area contributed by atoms with Crippen LogP contribution < -0.4 is 9.80 Å². The van der Waals surface area contributed by atoms with E-state index >= 15 is 0 Å². The molecule has 1 fully saturated rings. The fraction of sp³-hybridized carbons (Fsp3) is 0.174. The lowest BCUT2D eigenvalue weighted by molar-refractivity contribution is 0.432. The lowest BCUT2D eigenvalue weighted by Gasteiger charge is -2.36. The van der Waals surface area contributed by atoms with Gasteiger partial charge >= 0.3 is 0 Å². The number of hydrogen-bond acceptors (Lipinski definition) is 6. The summed E-state index contributed by atoms with van der Waals surface area (Å²) in [6.07, 6.45) is 1.74. The van der Waals surface area contributed by atoms with Gasteiger partial charge in [-0.15, -0.1) is 0 Å². The highest BCUT2D eigenvalue weighted by molar-refractivity contribution is 5.60. The zero-order chi connectivity index (χ0) is 20.3. The summed E-state index contributed by atoms with van der Waals surface area (Å²) >= 11 is 0. The van der Waals surface area contributed by atoms with E-state index in [-0.39, 0.29) is 5.82 Å². The lowest BCUT2D eigenvalue weighted by atomic mass is 10.2. The van der Waals surface area contributed by atoms with E-state index in [1.165, 1.54) is 17.8 Å². The zero-order valence-corrected chi connectivity index (χ0v) is 16.3. The van der Waals surface area contributed by atoms with E-state index < -0.39 is 0 Å². The smallest absolute Gasteiger partial charge is 0.259 e. The van der Waals surface area contributed by atoms with E-state index in [0.29, 0.717) is 17.3 Å². The predicted molar refractivity (Wildman–Crippen MR) is 114 cm³/mol. The molecule has 0 spiro atoms. The fourth-order valence-corrected chi connectivity index (χ4v) is 3.62. The van der Waals surface area contributed by atoms with Gasteiger partial charge in [-0.2, -0.15) is 4.98 Å². The standard InChI is InChI=1S/C23H20FN5O/c24-19-6-4-5-17(15-19)22-26-23(30-27-22)18-9-10-21(25-16-18)29-13-11-28(12-14-29)20-7-2-1-3-8-20/h1-10,15-16H,11-14H2. The maximum absolute atomic E-state index is 13.4. The van der Waals surface area contributed by atoms with Crippen LogP contribution in [-0.4, -0.2) is 41.3 Å². The van der Waals surface area contributed by atoms with Gasteiger partial charge < -0.3 is 14.3 Å². The molecule has 2 aromatic heterocycles. The van der Waals surface area contributed by atoms with E-state index in [1.54, 1.807) is 18.3 Å². The molecule has 0 bridgehead atoms. The fourth-order valence-electron chi connectivity index (χ4n) is 3.62. The van der Waals surface area contributed by atoms with E-state index in [0.717, 1.165) is 37.6 Å². The zero-order valence-electron chi connectivity index (χ0n) is 16.3. The predicted octanol–water partition coefficient (Wildman–Crippen LogP) is 4.26. The van der Waals surface area contributed by atoms with Crippen molar-refractivity contribution in [2.24, 2.45) is 0 Å². The van der Waals surface area contributed by atoms with Gasteiger partial charge in [0.05, 0.1) is 5.56 Å². The van der Waals surface area contributed by atoms with Gasteiger partial charge in [0.25, 0.3) is 5.89 Å². The number of piperazine rings is 1. The highest BCUT2D eigenvalue weighted by Crippen LogP contribution is 2.24. The van der Waals surface area contributed by atoms with Crippen molar-refractivity contribution in [3.8, 4) is 22.8 Å². The molecule has 1 aliphatic rings. The molecule has 0 aliphatic carbocycles. The van der Waals surface area contributed by atoms with Crippen LogP contribution in [0, 0.1) is 5.82 Å². The number of hydrogen-bond donors (Lipinski definition) is 0. The van der Waals surface area contributed by atoms with Crippen molar-refractivity contribution >= 4 is 11.5 Å². The Morgan fingerprint density at radius 2 is 1.60 bits per heavy atom. The summed E-state index contributed by atoms with van der Waals surface area (Å²) in [7, 11) is 0.